The van der Waals surface area contributed by atoms with Gasteiger partial charge in [-0.2, -0.15) is 0 Å². The molecule has 0 aromatic rings. The number of nitrogens with one attached hydrogen (secondary N) is 4. The summed E-state index contributed by atoms with van der Waals surface area (Å²) in [5.74, 6) is -1.14. The van der Waals surface area contributed by atoms with Crippen LogP contribution in [0.4, 0.5) is 4.79 Å². The molecule has 0 saturated carbocycles. The highest BCUT2D eigenvalue weighted by atomic mass is 16.6. The molecule has 0 aliphatic heterocycles. The van der Waals surface area contributed by atoms with Gasteiger partial charge in [0.1, 0.15) is 30.6 Å². The van der Waals surface area contributed by atoms with Crippen LogP contribution in [0.1, 0.15) is 149 Å². The van der Waals surface area contributed by atoms with Crippen LogP contribution in [0.5, 0.6) is 0 Å². The molecule has 1 atom stereocenters. The third-order valence-electron chi connectivity index (χ3n) is 9.17. The van der Waals surface area contributed by atoms with Gasteiger partial charge < -0.3 is 55.8 Å². The first-order chi connectivity index (χ1) is 26.3. The molecule has 0 radical (unpaired) electrons. The molecule has 4 amide bonds. The molecule has 8 N–H and O–H groups in total. The maximum atomic E-state index is 13.7. The molecule has 0 spiro atoms. The van der Waals surface area contributed by atoms with Crippen molar-refractivity contribution in [2.45, 2.75) is 194 Å². The molecule has 342 valence electrons. The number of carbonyl (C=O) groups is 4. The lowest BCUT2D eigenvalue weighted by Gasteiger charge is -2.32. The summed E-state index contributed by atoms with van der Waals surface area (Å²) in [6.45, 7) is 30.0. The standard InChI is InChI=1S/C42H84N6O10/c1-36(2,3)58-35(52)48-42(14,15)55-26-20-37(4,5)47-34(51)31(46-33(50)30-57-41(12,13)22-28-54-39(8,9)19-24-44)17-16-25-45-32(49)29-56-40(10,11)21-27-53-38(6,7)18-23-43/h31H,16-30,43-44H2,1-15H3,(H,45,49)(H,46,50)(H,47,51)(H,48,52). The summed E-state index contributed by atoms with van der Waals surface area (Å²) >= 11 is 0. The van der Waals surface area contributed by atoms with Gasteiger partial charge >= 0.3 is 6.09 Å². The quantitative estimate of drug-likeness (QED) is 0.0432. The minimum absolute atomic E-state index is 0.136. The molecular formula is C42H84N6O10. The molecule has 1 unspecified atom stereocenters. The minimum atomic E-state index is -1.03. The van der Waals surface area contributed by atoms with Crippen LogP contribution < -0.4 is 32.7 Å². The third-order valence-corrected chi connectivity index (χ3v) is 9.17. The third kappa shape index (κ3) is 28.8. The molecular weight excluding hydrogens is 748 g/mol. The molecule has 0 aliphatic carbocycles. The SMILES string of the molecule is CC(C)(CCOC(C)(C)NC(=O)OC(C)(C)C)NC(=O)C(CCCNC(=O)COC(C)(C)CCOC(C)(C)CCN)NC(=O)COC(C)(C)CCOC(C)(C)CCN. The van der Waals surface area contributed by atoms with E-state index >= 15 is 0 Å². The summed E-state index contributed by atoms with van der Waals surface area (Å²) in [7, 11) is 0. The average Bonchev–Trinajstić information content (AvgIpc) is 3.02. The van der Waals surface area contributed by atoms with Crippen LogP contribution >= 0.6 is 0 Å². The van der Waals surface area contributed by atoms with Crippen LogP contribution in [0.15, 0.2) is 0 Å². The van der Waals surface area contributed by atoms with Crippen molar-refractivity contribution < 1.29 is 47.6 Å². The maximum absolute atomic E-state index is 13.7. The van der Waals surface area contributed by atoms with Crippen LogP contribution in [-0.2, 0) is 42.8 Å². The van der Waals surface area contributed by atoms with Crippen molar-refractivity contribution in [3.63, 3.8) is 0 Å². The number of hydrogen-bond donors (Lipinski definition) is 6. The molecule has 0 aromatic heterocycles. The molecule has 58 heavy (non-hydrogen) atoms. The summed E-state index contributed by atoms with van der Waals surface area (Å²) in [4.78, 5) is 51.9. The van der Waals surface area contributed by atoms with Gasteiger partial charge in [-0.3, -0.25) is 19.7 Å². The Hall–Kier alpha value is -2.60. The molecule has 0 heterocycles. The van der Waals surface area contributed by atoms with E-state index in [1.54, 1.807) is 34.6 Å². The summed E-state index contributed by atoms with van der Waals surface area (Å²) in [5, 5.41) is 11.4. The Balaban J connectivity index is 5.40. The lowest BCUT2D eigenvalue weighted by atomic mass is 9.99. The number of carbonyl (C=O) groups excluding carboxylic acids is 4. The Bertz CT molecular complexity index is 1250. The second-order valence-corrected chi connectivity index (χ2v) is 19.6. The van der Waals surface area contributed by atoms with Gasteiger partial charge in [0, 0.05) is 12.1 Å². The Kier molecular flexibility index (Phi) is 23.5. The fourth-order valence-electron chi connectivity index (χ4n) is 5.37. The van der Waals surface area contributed by atoms with Crippen molar-refractivity contribution in [2.24, 2.45) is 11.5 Å². The highest BCUT2D eigenvalue weighted by Gasteiger charge is 2.31. The zero-order chi connectivity index (χ0) is 45.1. The number of alkyl carbamates (subject to hydrolysis) is 1. The fourth-order valence-corrected chi connectivity index (χ4v) is 5.37. The topological polar surface area (TPSA) is 224 Å². The lowest BCUT2D eigenvalue weighted by Crippen LogP contribution is -2.54. The Labute approximate surface area is 350 Å². The molecule has 0 aliphatic rings. The Morgan fingerprint density at radius 3 is 1.47 bits per heavy atom. The number of ether oxygens (including phenoxy) is 6. The largest absolute Gasteiger partial charge is 0.444 e. The van der Waals surface area contributed by atoms with Crippen molar-refractivity contribution >= 4 is 23.8 Å². The molecule has 16 heteroatoms. The van der Waals surface area contributed by atoms with Crippen LogP contribution in [0.25, 0.3) is 0 Å². The normalized spacial score (nSPS) is 13.8. The highest BCUT2D eigenvalue weighted by molar-refractivity contribution is 5.88. The lowest BCUT2D eigenvalue weighted by molar-refractivity contribution is -0.137. The van der Waals surface area contributed by atoms with Crippen LogP contribution in [0, 0.1) is 0 Å². The van der Waals surface area contributed by atoms with Gasteiger partial charge in [-0.05, 0) is 162 Å². The van der Waals surface area contributed by atoms with Gasteiger partial charge in [0.25, 0.3) is 0 Å². The van der Waals surface area contributed by atoms with E-state index in [4.69, 9.17) is 39.9 Å². The van der Waals surface area contributed by atoms with Crippen LogP contribution in [0.3, 0.4) is 0 Å². The molecule has 0 aromatic carbocycles. The van der Waals surface area contributed by atoms with E-state index in [0.29, 0.717) is 58.4 Å². The van der Waals surface area contributed by atoms with Gasteiger partial charge in [0.2, 0.25) is 17.7 Å². The van der Waals surface area contributed by atoms with E-state index in [2.05, 4.69) is 21.3 Å². The van der Waals surface area contributed by atoms with Gasteiger partial charge in [-0.1, -0.05) is 0 Å². The molecule has 0 fully saturated rings. The highest BCUT2D eigenvalue weighted by Crippen LogP contribution is 2.21. The average molecular weight is 833 g/mol. The Morgan fingerprint density at radius 1 is 0.552 bits per heavy atom. The van der Waals surface area contributed by atoms with E-state index < -0.39 is 52.0 Å². The van der Waals surface area contributed by atoms with Gasteiger partial charge in [0.05, 0.1) is 42.2 Å². The van der Waals surface area contributed by atoms with Gasteiger partial charge in [-0.15, -0.1) is 0 Å². The van der Waals surface area contributed by atoms with E-state index in [-0.39, 0.29) is 49.9 Å². The van der Waals surface area contributed by atoms with Crippen molar-refractivity contribution in [3.05, 3.63) is 0 Å². The second-order valence-electron chi connectivity index (χ2n) is 19.6. The van der Waals surface area contributed by atoms with Crippen molar-refractivity contribution in [2.75, 3.05) is 52.7 Å². The number of rotatable bonds is 30. The molecule has 0 bridgehead atoms. The first-order valence-corrected chi connectivity index (χ1v) is 20.8. The number of nitrogens with two attached hydrogens (primary N) is 2. The first-order valence-electron chi connectivity index (χ1n) is 20.8. The molecule has 0 saturated heterocycles. The van der Waals surface area contributed by atoms with E-state index in [9.17, 15) is 19.2 Å². The number of amides is 4. The Morgan fingerprint density at radius 2 is 1.00 bits per heavy atom. The van der Waals surface area contributed by atoms with E-state index in [0.717, 1.165) is 6.42 Å². The summed E-state index contributed by atoms with van der Waals surface area (Å²) in [5.41, 5.74) is 6.98. The van der Waals surface area contributed by atoms with Gasteiger partial charge in [0.15, 0.2) is 0 Å². The smallest absolute Gasteiger partial charge is 0.409 e. The fraction of sp³-hybridized carbons (Fsp3) is 0.905. The summed E-state index contributed by atoms with van der Waals surface area (Å²) in [6.07, 6.45) is 3.02. The predicted octanol–water partition coefficient (Wildman–Crippen LogP) is 4.59. The van der Waals surface area contributed by atoms with Crippen LogP contribution in [0.2, 0.25) is 0 Å². The second kappa shape index (κ2) is 24.6. The number of hydrogen-bond acceptors (Lipinski definition) is 12. The van der Waals surface area contributed by atoms with Crippen molar-refractivity contribution in [1.29, 1.82) is 0 Å². The van der Waals surface area contributed by atoms with Crippen molar-refractivity contribution in [3.8, 4) is 0 Å². The first kappa shape index (κ1) is 55.4. The summed E-state index contributed by atoms with van der Waals surface area (Å²) < 4.78 is 35.1. The van der Waals surface area contributed by atoms with E-state index in [1.807, 2.05) is 69.2 Å². The molecule has 0 rings (SSSR count). The summed E-state index contributed by atoms with van der Waals surface area (Å²) in [6, 6.07) is -0.916. The zero-order valence-electron chi connectivity index (χ0n) is 38.9. The minimum Gasteiger partial charge on any atom is -0.444 e. The monoisotopic (exact) mass is 833 g/mol. The van der Waals surface area contributed by atoms with Crippen LogP contribution in [-0.4, -0.2) is 122 Å². The van der Waals surface area contributed by atoms with Crippen molar-refractivity contribution in [1.82, 2.24) is 21.3 Å². The maximum Gasteiger partial charge on any atom is 0.409 e. The molecule has 16 nitrogen and oxygen atoms in total. The zero-order valence-corrected chi connectivity index (χ0v) is 38.9. The predicted molar refractivity (Wildman–Crippen MR) is 227 cm³/mol. The van der Waals surface area contributed by atoms with Gasteiger partial charge in [-0.25, -0.2) is 4.79 Å². The van der Waals surface area contributed by atoms with E-state index in [1.165, 1.54) is 0 Å².